The molecule has 0 aliphatic heterocycles. The molecule has 1 aliphatic rings. The van der Waals surface area contributed by atoms with Crippen molar-refractivity contribution < 1.29 is 0 Å². The van der Waals surface area contributed by atoms with E-state index in [0.717, 1.165) is 25.3 Å². The van der Waals surface area contributed by atoms with Gasteiger partial charge in [0.1, 0.15) is 5.82 Å². The first-order valence-electron chi connectivity index (χ1n) is 6.71. The molecule has 1 saturated carbocycles. The topological polar surface area (TPSA) is 42.2 Å². The van der Waals surface area contributed by atoms with Gasteiger partial charge in [0, 0.05) is 18.8 Å². The molecule has 3 nitrogen and oxygen atoms in total. The first-order valence-corrected chi connectivity index (χ1v) is 6.71. The number of hydrogen-bond acceptors (Lipinski definition) is 3. The molecule has 1 aliphatic carbocycles. The number of hydrogen-bond donors (Lipinski definition) is 1. The van der Waals surface area contributed by atoms with Crippen LogP contribution < -0.4 is 10.6 Å². The van der Waals surface area contributed by atoms with Gasteiger partial charge in [0.25, 0.3) is 0 Å². The van der Waals surface area contributed by atoms with Crippen molar-refractivity contribution in [2.24, 2.45) is 5.73 Å². The molecule has 94 valence electrons. The Bertz CT molecular complexity index is 345. The average Bonchev–Trinajstić information content (AvgIpc) is 2.85. The number of anilines is 1. The van der Waals surface area contributed by atoms with Gasteiger partial charge >= 0.3 is 0 Å². The van der Waals surface area contributed by atoms with E-state index in [1.807, 2.05) is 12.3 Å². The standard InChI is InChI=1S/C14H23N3/c1-12-6-4-10-16-14(12)17(11-5-9-15)13-7-2-3-8-13/h4,6,10,13H,2-3,5,7-9,11,15H2,1H3. The molecule has 3 heteroatoms. The third kappa shape index (κ3) is 2.97. The van der Waals surface area contributed by atoms with Crippen molar-refractivity contribution in [2.45, 2.75) is 45.1 Å². The largest absolute Gasteiger partial charge is 0.353 e. The number of nitrogens with zero attached hydrogens (tertiary/aromatic N) is 2. The Morgan fingerprint density at radius 2 is 2.18 bits per heavy atom. The summed E-state index contributed by atoms with van der Waals surface area (Å²) in [5.41, 5.74) is 6.92. The summed E-state index contributed by atoms with van der Waals surface area (Å²) in [5.74, 6) is 1.16. The maximum Gasteiger partial charge on any atom is 0.131 e. The number of pyridine rings is 1. The van der Waals surface area contributed by atoms with Crippen molar-refractivity contribution in [3.8, 4) is 0 Å². The fourth-order valence-electron chi connectivity index (χ4n) is 2.72. The summed E-state index contributed by atoms with van der Waals surface area (Å²) < 4.78 is 0. The van der Waals surface area contributed by atoms with Crippen molar-refractivity contribution in [2.75, 3.05) is 18.0 Å². The van der Waals surface area contributed by atoms with E-state index in [9.17, 15) is 0 Å². The molecular formula is C14H23N3. The van der Waals surface area contributed by atoms with Crippen LogP contribution in [0.5, 0.6) is 0 Å². The van der Waals surface area contributed by atoms with Gasteiger partial charge in [0.05, 0.1) is 0 Å². The van der Waals surface area contributed by atoms with Crippen molar-refractivity contribution in [3.63, 3.8) is 0 Å². The van der Waals surface area contributed by atoms with Crippen LogP contribution in [0.1, 0.15) is 37.7 Å². The van der Waals surface area contributed by atoms with Gasteiger partial charge in [-0.25, -0.2) is 4.98 Å². The monoisotopic (exact) mass is 233 g/mol. The van der Waals surface area contributed by atoms with Crippen molar-refractivity contribution in [3.05, 3.63) is 23.9 Å². The molecule has 0 saturated heterocycles. The van der Waals surface area contributed by atoms with Gasteiger partial charge in [0.2, 0.25) is 0 Å². The quantitative estimate of drug-likeness (QED) is 0.849. The number of rotatable bonds is 5. The highest BCUT2D eigenvalue weighted by Crippen LogP contribution is 2.28. The van der Waals surface area contributed by atoms with Gasteiger partial charge in [-0.2, -0.15) is 0 Å². The maximum absolute atomic E-state index is 5.64. The van der Waals surface area contributed by atoms with Crippen LogP contribution in [0, 0.1) is 6.92 Å². The molecular weight excluding hydrogens is 210 g/mol. The molecule has 1 fully saturated rings. The van der Waals surface area contributed by atoms with Gasteiger partial charge in [0.15, 0.2) is 0 Å². The van der Waals surface area contributed by atoms with Crippen LogP contribution in [-0.2, 0) is 0 Å². The zero-order valence-corrected chi connectivity index (χ0v) is 10.7. The van der Waals surface area contributed by atoms with Crippen LogP contribution in [-0.4, -0.2) is 24.1 Å². The smallest absolute Gasteiger partial charge is 0.131 e. The minimum Gasteiger partial charge on any atom is -0.353 e. The van der Waals surface area contributed by atoms with Crippen LogP contribution in [0.4, 0.5) is 5.82 Å². The Morgan fingerprint density at radius 3 is 2.82 bits per heavy atom. The van der Waals surface area contributed by atoms with Gasteiger partial charge in [-0.3, -0.25) is 0 Å². The highest BCUT2D eigenvalue weighted by atomic mass is 15.2. The van der Waals surface area contributed by atoms with E-state index in [1.165, 1.54) is 31.2 Å². The van der Waals surface area contributed by atoms with Crippen LogP contribution in [0.25, 0.3) is 0 Å². The summed E-state index contributed by atoms with van der Waals surface area (Å²) in [7, 11) is 0. The van der Waals surface area contributed by atoms with E-state index in [4.69, 9.17) is 5.73 Å². The first-order chi connectivity index (χ1) is 8.33. The molecule has 0 spiro atoms. The SMILES string of the molecule is Cc1cccnc1N(CCCN)C1CCCC1. The van der Waals surface area contributed by atoms with Crippen molar-refractivity contribution in [1.82, 2.24) is 4.98 Å². The lowest BCUT2D eigenvalue weighted by Crippen LogP contribution is -2.36. The lowest BCUT2D eigenvalue weighted by atomic mass is 10.1. The molecule has 1 heterocycles. The van der Waals surface area contributed by atoms with Crippen molar-refractivity contribution in [1.29, 1.82) is 0 Å². The number of aryl methyl sites for hydroxylation is 1. The minimum absolute atomic E-state index is 0.676. The maximum atomic E-state index is 5.64. The summed E-state index contributed by atoms with van der Waals surface area (Å²) in [6.45, 7) is 3.95. The predicted octanol–water partition coefficient (Wildman–Crippen LogP) is 2.49. The van der Waals surface area contributed by atoms with Gasteiger partial charge in [-0.1, -0.05) is 18.9 Å². The molecule has 17 heavy (non-hydrogen) atoms. The lowest BCUT2D eigenvalue weighted by molar-refractivity contribution is 0.585. The molecule has 0 aromatic carbocycles. The van der Waals surface area contributed by atoms with Crippen LogP contribution >= 0.6 is 0 Å². The van der Waals surface area contributed by atoms with E-state index in [0.29, 0.717) is 6.04 Å². The molecule has 0 unspecified atom stereocenters. The van der Waals surface area contributed by atoms with Crippen LogP contribution in [0.3, 0.4) is 0 Å². The van der Waals surface area contributed by atoms with E-state index >= 15 is 0 Å². The normalized spacial score (nSPS) is 16.4. The summed E-state index contributed by atoms with van der Waals surface area (Å²) in [6, 6.07) is 4.83. The van der Waals surface area contributed by atoms with E-state index in [1.54, 1.807) is 0 Å². The first kappa shape index (κ1) is 12.4. The molecule has 2 rings (SSSR count). The number of aromatic nitrogens is 1. The van der Waals surface area contributed by atoms with E-state index in [-0.39, 0.29) is 0 Å². The van der Waals surface area contributed by atoms with Crippen LogP contribution in [0.15, 0.2) is 18.3 Å². The van der Waals surface area contributed by atoms with Gasteiger partial charge in [-0.15, -0.1) is 0 Å². The Hall–Kier alpha value is -1.09. The second-order valence-corrected chi connectivity index (χ2v) is 4.92. The summed E-state index contributed by atoms with van der Waals surface area (Å²) in [5, 5.41) is 0. The van der Waals surface area contributed by atoms with Crippen molar-refractivity contribution >= 4 is 5.82 Å². The van der Waals surface area contributed by atoms with Gasteiger partial charge in [-0.05, 0) is 44.4 Å². The van der Waals surface area contributed by atoms with E-state index in [2.05, 4.69) is 22.9 Å². The lowest BCUT2D eigenvalue weighted by Gasteiger charge is -2.31. The zero-order chi connectivity index (χ0) is 12.1. The molecule has 2 N–H and O–H groups in total. The highest BCUT2D eigenvalue weighted by molar-refractivity contribution is 5.47. The molecule has 0 atom stereocenters. The number of nitrogens with two attached hydrogens (primary N) is 1. The average molecular weight is 233 g/mol. The Balaban J connectivity index is 2.16. The molecule has 0 amide bonds. The zero-order valence-electron chi connectivity index (χ0n) is 10.7. The Kier molecular flexibility index (Phi) is 4.37. The predicted molar refractivity (Wildman–Crippen MR) is 72.2 cm³/mol. The minimum atomic E-state index is 0.676. The molecule has 1 aromatic rings. The summed E-state index contributed by atoms with van der Waals surface area (Å²) >= 11 is 0. The Morgan fingerprint density at radius 1 is 1.41 bits per heavy atom. The summed E-state index contributed by atoms with van der Waals surface area (Å²) in [6.07, 6.45) is 8.27. The van der Waals surface area contributed by atoms with E-state index < -0.39 is 0 Å². The van der Waals surface area contributed by atoms with Crippen LogP contribution in [0.2, 0.25) is 0 Å². The molecule has 0 radical (unpaired) electrons. The highest BCUT2D eigenvalue weighted by Gasteiger charge is 2.23. The third-order valence-corrected chi connectivity index (χ3v) is 3.62. The molecule has 0 bridgehead atoms. The second-order valence-electron chi connectivity index (χ2n) is 4.92. The fourth-order valence-corrected chi connectivity index (χ4v) is 2.72. The Labute approximate surface area is 104 Å². The van der Waals surface area contributed by atoms with Gasteiger partial charge < -0.3 is 10.6 Å². The second kappa shape index (κ2) is 6.01. The third-order valence-electron chi connectivity index (χ3n) is 3.62. The molecule has 1 aromatic heterocycles. The summed E-state index contributed by atoms with van der Waals surface area (Å²) in [4.78, 5) is 7.04. The fraction of sp³-hybridized carbons (Fsp3) is 0.643.